The van der Waals surface area contributed by atoms with E-state index in [1.54, 1.807) is 0 Å². The molecule has 2 aliphatic rings. The number of aliphatic hydroxyl groups is 1. The Morgan fingerprint density at radius 2 is 1.82 bits per heavy atom. The second-order valence-electron chi connectivity index (χ2n) is 6.03. The number of hydrogen-bond acceptors (Lipinski definition) is 3. The van der Waals surface area contributed by atoms with Gasteiger partial charge in [-0.15, -0.1) is 0 Å². The molecule has 0 spiro atoms. The molecule has 2 fully saturated rings. The van der Waals surface area contributed by atoms with Crippen LogP contribution in [0.25, 0.3) is 0 Å². The minimum Gasteiger partial charge on any atom is -0.389 e. The molecule has 0 unspecified atom stereocenters. The lowest BCUT2D eigenvalue weighted by atomic mass is 10.0. The maximum Gasteiger partial charge on any atom is 0.0771 e. The Hall–Kier alpha value is -0.120. The molecule has 3 heteroatoms. The highest BCUT2D eigenvalue weighted by molar-refractivity contribution is 4.86. The molecule has 17 heavy (non-hydrogen) atoms. The van der Waals surface area contributed by atoms with Crippen LogP contribution in [0, 0.1) is 0 Å². The summed E-state index contributed by atoms with van der Waals surface area (Å²) in [6, 6.07) is 0.811. The molecule has 0 saturated heterocycles. The van der Waals surface area contributed by atoms with E-state index >= 15 is 0 Å². The zero-order valence-corrected chi connectivity index (χ0v) is 11.2. The molecule has 2 N–H and O–H groups in total. The zero-order chi connectivity index (χ0) is 12.1. The molecule has 0 aliphatic heterocycles. The van der Waals surface area contributed by atoms with Crippen molar-refractivity contribution in [2.45, 2.75) is 63.0 Å². The first-order valence-electron chi connectivity index (χ1n) is 7.33. The smallest absolute Gasteiger partial charge is 0.0771 e. The zero-order valence-electron chi connectivity index (χ0n) is 11.2. The Bertz CT molecular complexity index is 220. The molecule has 0 radical (unpaired) electrons. The first-order chi connectivity index (χ1) is 8.20. The van der Waals surface area contributed by atoms with Gasteiger partial charge in [-0.2, -0.15) is 0 Å². The van der Waals surface area contributed by atoms with Gasteiger partial charge in [0.05, 0.1) is 5.60 Å². The van der Waals surface area contributed by atoms with E-state index in [0.717, 1.165) is 38.5 Å². The number of nitrogens with zero attached hydrogens (tertiary/aromatic N) is 1. The van der Waals surface area contributed by atoms with Crippen LogP contribution < -0.4 is 5.32 Å². The van der Waals surface area contributed by atoms with Gasteiger partial charge in [-0.1, -0.05) is 25.7 Å². The van der Waals surface area contributed by atoms with Gasteiger partial charge in [0.25, 0.3) is 0 Å². The van der Waals surface area contributed by atoms with E-state index in [-0.39, 0.29) is 0 Å². The second kappa shape index (κ2) is 6.17. The fourth-order valence-electron chi connectivity index (χ4n) is 3.31. The molecular formula is C14H28N2O. The van der Waals surface area contributed by atoms with Crippen molar-refractivity contribution in [1.82, 2.24) is 10.2 Å². The van der Waals surface area contributed by atoms with Gasteiger partial charge >= 0.3 is 0 Å². The van der Waals surface area contributed by atoms with Crippen molar-refractivity contribution in [3.8, 4) is 0 Å². The van der Waals surface area contributed by atoms with Gasteiger partial charge in [-0.3, -0.25) is 0 Å². The van der Waals surface area contributed by atoms with Crippen molar-refractivity contribution in [2.24, 2.45) is 0 Å². The molecule has 0 bridgehead atoms. The summed E-state index contributed by atoms with van der Waals surface area (Å²) in [5.74, 6) is 0. The van der Waals surface area contributed by atoms with Crippen LogP contribution >= 0.6 is 0 Å². The molecule has 100 valence electrons. The first-order valence-corrected chi connectivity index (χ1v) is 7.33. The summed E-state index contributed by atoms with van der Waals surface area (Å²) >= 11 is 0. The van der Waals surface area contributed by atoms with Crippen LogP contribution in [0.2, 0.25) is 0 Å². The van der Waals surface area contributed by atoms with Crippen LogP contribution in [0.5, 0.6) is 0 Å². The summed E-state index contributed by atoms with van der Waals surface area (Å²) < 4.78 is 0. The van der Waals surface area contributed by atoms with Crippen LogP contribution in [0.1, 0.15) is 51.4 Å². The standard InChI is InChI=1S/C14H28N2O/c1-16(13-6-2-3-7-13)11-10-15-12-14(17)8-4-5-9-14/h13,15,17H,2-12H2,1H3. The molecule has 0 aromatic rings. The van der Waals surface area contributed by atoms with Gasteiger partial charge in [-0.05, 0) is 32.7 Å². The van der Waals surface area contributed by atoms with Crippen LogP contribution in [0.4, 0.5) is 0 Å². The highest BCUT2D eigenvalue weighted by Gasteiger charge is 2.30. The SMILES string of the molecule is CN(CCNCC1(O)CCCC1)C1CCCC1. The molecule has 0 amide bonds. The van der Waals surface area contributed by atoms with Gasteiger partial charge in [0.15, 0.2) is 0 Å². The van der Waals surface area contributed by atoms with E-state index in [4.69, 9.17) is 0 Å². The maximum absolute atomic E-state index is 10.2. The van der Waals surface area contributed by atoms with Crippen LogP contribution in [0.3, 0.4) is 0 Å². The van der Waals surface area contributed by atoms with E-state index in [2.05, 4.69) is 17.3 Å². The predicted molar refractivity (Wildman–Crippen MR) is 71.2 cm³/mol. The Morgan fingerprint density at radius 3 is 2.47 bits per heavy atom. The summed E-state index contributed by atoms with van der Waals surface area (Å²) in [7, 11) is 2.24. The molecule has 0 heterocycles. The lowest BCUT2D eigenvalue weighted by Crippen LogP contribution is -2.42. The summed E-state index contributed by atoms with van der Waals surface area (Å²) in [6.45, 7) is 2.90. The topological polar surface area (TPSA) is 35.5 Å². The Morgan fingerprint density at radius 1 is 1.18 bits per heavy atom. The lowest BCUT2D eigenvalue weighted by molar-refractivity contribution is 0.0471. The Labute approximate surface area is 106 Å². The van der Waals surface area contributed by atoms with Crippen molar-refractivity contribution in [3.63, 3.8) is 0 Å². The molecule has 2 aliphatic carbocycles. The third-order valence-electron chi connectivity index (χ3n) is 4.58. The normalized spacial score (nSPS) is 24.9. The second-order valence-corrected chi connectivity index (χ2v) is 6.03. The summed E-state index contributed by atoms with van der Waals surface area (Å²) in [5, 5.41) is 13.6. The lowest BCUT2D eigenvalue weighted by Gasteiger charge is -2.26. The summed E-state index contributed by atoms with van der Waals surface area (Å²) in [4.78, 5) is 2.48. The van der Waals surface area contributed by atoms with Gasteiger partial charge in [-0.25, -0.2) is 0 Å². The van der Waals surface area contributed by atoms with E-state index in [1.165, 1.54) is 38.5 Å². The number of hydrogen-bond donors (Lipinski definition) is 2. The highest BCUT2D eigenvalue weighted by atomic mass is 16.3. The van der Waals surface area contributed by atoms with Crippen LogP contribution in [-0.2, 0) is 0 Å². The number of nitrogens with one attached hydrogen (secondary N) is 1. The summed E-state index contributed by atoms with van der Waals surface area (Å²) in [5.41, 5.74) is -0.397. The molecule has 0 atom stereocenters. The summed E-state index contributed by atoms with van der Waals surface area (Å²) in [6.07, 6.45) is 9.92. The van der Waals surface area contributed by atoms with Gasteiger partial charge in [0.2, 0.25) is 0 Å². The van der Waals surface area contributed by atoms with Gasteiger partial charge in [0, 0.05) is 25.7 Å². The molecule has 2 saturated carbocycles. The average Bonchev–Trinajstić information content (AvgIpc) is 2.95. The minimum atomic E-state index is -0.397. The Balaban J connectivity index is 1.56. The minimum absolute atomic E-state index is 0.397. The van der Waals surface area contributed by atoms with E-state index in [9.17, 15) is 5.11 Å². The fraction of sp³-hybridized carbons (Fsp3) is 1.00. The quantitative estimate of drug-likeness (QED) is 0.694. The van der Waals surface area contributed by atoms with E-state index in [1.807, 2.05) is 0 Å². The molecule has 3 nitrogen and oxygen atoms in total. The van der Waals surface area contributed by atoms with Crippen molar-refractivity contribution in [3.05, 3.63) is 0 Å². The largest absolute Gasteiger partial charge is 0.389 e. The van der Waals surface area contributed by atoms with Gasteiger partial charge in [0.1, 0.15) is 0 Å². The van der Waals surface area contributed by atoms with Crippen molar-refractivity contribution in [2.75, 3.05) is 26.7 Å². The molecular weight excluding hydrogens is 212 g/mol. The third-order valence-corrected chi connectivity index (χ3v) is 4.58. The van der Waals surface area contributed by atoms with Crippen molar-refractivity contribution >= 4 is 0 Å². The van der Waals surface area contributed by atoms with E-state index < -0.39 is 5.60 Å². The molecule has 2 rings (SSSR count). The number of likely N-dealkylation sites (N-methyl/N-ethyl adjacent to an activating group) is 1. The average molecular weight is 240 g/mol. The van der Waals surface area contributed by atoms with Crippen LogP contribution in [-0.4, -0.2) is 48.3 Å². The molecule has 0 aromatic heterocycles. The first kappa shape index (κ1) is 13.3. The van der Waals surface area contributed by atoms with Gasteiger partial charge < -0.3 is 15.3 Å². The van der Waals surface area contributed by atoms with Crippen molar-refractivity contribution in [1.29, 1.82) is 0 Å². The predicted octanol–water partition coefficient (Wildman–Crippen LogP) is 1.76. The highest BCUT2D eigenvalue weighted by Crippen LogP contribution is 2.28. The van der Waals surface area contributed by atoms with E-state index in [0.29, 0.717) is 0 Å². The number of rotatable bonds is 6. The van der Waals surface area contributed by atoms with Crippen molar-refractivity contribution < 1.29 is 5.11 Å². The molecule has 0 aromatic carbocycles. The maximum atomic E-state index is 10.2. The Kier molecular flexibility index (Phi) is 4.83. The third kappa shape index (κ3) is 3.94. The monoisotopic (exact) mass is 240 g/mol. The fourth-order valence-corrected chi connectivity index (χ4v) is 3.31. The van der Waals surface area contributed by atoms with Crippen LogP contribution in [0.15, 0.2) is 0 Å².